The molecule has 0 bridgehead atoms. The van der Waals surface area contributed by atoms with Gasteiger partial charge in [-0.15, -0.1) is 0 Å². The molecule has 88 valence electrons. The smallest absolute Gasteiger partial charge is 0.125 e. The summed E-state index contributed by atoms with van der Waals surface area (Å²) < 4.78 is 5.28. The number of benzene rings is 2. The highest BCUT2D eigenvalue weighted by atomic mass is 16.5. The minimum absolute atomic E-state index is 0.647. The molecule has 17 heavy (non-hydrogen) atoms. The van der Waals surface area contributed by atoms with Crippen LogP contribution < -0.4 is 4.74 Å². The summed E-state index contributed by atoms with van der Waals surface area (Å²) in [4.78, 5) is 0. The molecule has 0 amide bonds. The molecule has 1 atom stereocenters. The third-order valence-electron chi connectivity index (χ3n) is 2.80. The van der Waals surface area contributed by atoms with Gasteiger partial charge in [-0.25, -0.2) is 0 Å². The lowest BCUT2D eigenvalue weighted by atomic mass is 9.99. The summed E-state index contributed by atoms with van der Waals surface area (Å²) in [6.07, 6.45) is -0.647. The van der Waals surface area contributed by atoms with Crippen LogP contribution in [0.1, 0.15) is 22.8 Å². The molecular weight excluding hydrogens is 212 g/mol. The minimum Gasteiger partial charge on any atom is -0.496 e. The van der Waals surface area contributed by atoms with E-state index in [1.807, 2.05) is 55.5 Å². The van der Waals surface area contributed by atoms with E-state index in [2.05, 4.69) is 0 Å². The van der Waals surface area contributed by atoms with Crippen molar-refractivity contribution in [3.63, 3.8) is 0 Å². The van der Waals surface area contributed by atoms with Gasteiger partial charge in [0.15, 0.2) is 0 Å². The number of hydrogen-bond acceptors (Lipinski definition) is 2. The molecule has 0 heterocycles. The number of ether oxygens (including phenoxy) is 1. The Labute approximate surface area is 101 Å². The predicted molar refractivity (Wildman–Crippen MR) is 68.2 cm³/mol. The maximum absolute atomic E-state index is 10.3. The van der Waals surface area contributed by atoms with Crippen LogP contribution in [0, 0.1) is 6.92 Å². The Morgan fingerprint density at radius 3 is 2.41 bits per heavy atom. The van der Waals surface area contributed by atoms with Crippen molar-refractivity contribution in [1.29, 1.82) is 0 Å². The van der Waals surface area contributed by atoms with Gasteiger partial charge in [0.05, 0.1) is 7.11 Å². The molecule has 1 N–H and O–H groups in total. The van der Waals surface area contributed by atoms with Crippen molar-refractivity contribution in [3.8, 4) is 5.75 Å². The van der Waals surface area contributed by atoms with E-state index in [-0.39, 0.29) is 0 Å². The fourth-order valence-electron chi connectivity index (χ4n) is 1.88. The number of rotatable bonds is 3. The van der Waals surface area contributed by atoms with E-state index in [1.165, 1.54) is 0 Å². The van der Waals surface area contributed by atoms with Gasteiger partial charge in [-0.2, -0.15) is 0 Å². The molecule has 0 spiro atoms. The van der Waals surface area contributed by atoms with E-state index in [0.717, 1.165) is 16.7 Å². The zero-order valence-electron chi connectivity index (χ0n) is 10.1. The van der Waals surface area contributed by atoms with Crippen LogP contribution in [-0.2, 0) is 0 Å². The lowest BCUT2D eigenvalue weighted by Gasteiger charge is -2.15. The number of hydrogen-bond donors (Lipinski definition) is 1. The van der Waals surface area contributed by atoms with E-state index >= 15 is 0 Å². The topological polar surface area (TPSA) is 29.5 Å². The highest BCUT2D eigenvalue weighted by molar-refractivity contribution is 5.42. The maximum Gasteiger partial charge on any atom is 0.125 e. The molecule has 0 aliphatic carbocycles. The number of aryl methyl sites for hydroxylation is 1. The van der Waals surface area contributed by atoms with Crippen molar-refractivity contribution in [2.45, 2.75) is 13.0 Å². The molecule has 2 nitrogen and oxygen atoms in total. The summed E-state index contributed by atoms with van der Waals surface area (Å²) in [5, 5.41) is 10.3. The molecule has 0 aliphatic heterocycles. The third kappa shape index (κ3) is 2.48. The van der Waals surface area contributed by atoms with Crippen molar-refractivity contribution >= 4 is 0 Å². The van der Waals surface area contributed by atoms with E-state index in [9.17, 15) is 5.11 Å². The van der Waals surface area contributed by atoms with Gasteiger partial charge in [-0.3, -0.25) is 0 Å². The van der Waals surface area contributed by atoms with Crippen molar-refractivity contribution in [3.05, 3.63) is 65.2 Å². The van der Waals surface area contributed by atoms with Crippen LogP contribution in [-0.4, -0.2) is 12.2 Å². The Kier molecular flexibility index (Phi) is 3.45. The van der Waals surface area contributed by atoms with Crippen LogP contribution in [0.15, 0.2) is 48.5 Å². The van der Waals surface area contributed by atoms with Crippen molar-refractivity contribution in [2.24, 2.45) is 0 Å². The van der Waals surface area contributed by atoms with Crippen LogP contribution in [0.3, 0.4) is 0 Å². The second-order valence-corrected chi connectivity index (χ2v) is 4.06. The number of aliphatic hydroxyl groups excluding tert-OH is 1. The Balaban J connectivity index is 2.43. The van der Waals surface area contributed by atoms with Crippen LogP contribution in [0.25, 0.3) is 0 Å². The lowest BCUT2D eigenvalue weighted by Crippen LogP contribution is -2.02. The fourth-order valence-corrected chi connectivity index (χ4v) is 1.88. The summed E-state index contributed by atoms with van der Waals surface area (Å²) in [5.74, 6) is 0.715. The van der Waals surface area contributed by atoms with Crippen LogP contribution in [0.2, 0.25) is 0 Å². The maximum atomic E-state index is 10.3. The molecular formula is C15H16O2. The quantitative estimate of drug-likeness (QED) is 0.874. The summed E-state index contributed by atoms with van der Waals surface area (Å²) >= 11 is 0. The molecule has 0 fully saturated rings. The lowest BCUT2D eigenvalue weighted by molar-refractivity contribution is 0.214. The fraction of sp³-hybridized carbons (Fsp3) is 0.200. The molecule has 2 rings (SSSR count). The van der Waals surface area contributed by atoms with E-state index in [0.29, 0.717) is 5.75 Å². The first-order valence-corrected chi connectivity index (χ1v) is 5.60. The summed E-state index contributed by atoms with van der Waals surface area (Å²) in [6.45, 7) is 2.00. The average Bonchev–Trinajstić information content (AvgIpc) is 2.39. The van der Waals surface area contributed by atoms with Gasteiger partial charge in [0.1, 0.15) is 11.9 Å². The first-order chi connectivity index (χ1) is 8.22. The Morgan fingerprint density at radius 2 is 1.76 bits per heavy atom. The first-order valence-electron chi connectivity index (χ1n) is 5.60. The van der Waals surface area contributed by atoms with Crippen molar-refractivity contribution in [1.82, 2.24) is 0 Å². The SMILES string of the molecule is COc1ccc(C)cc1C(O)c1ccccc1. The average molecular weight is 228 g/mol. The molecule has 0 radical (unpaired) electrons. The van der Waals surface area contributed by atoms with Crippen LogP contribution in [0.4, 0.5) is 0 Å². The van der Waals surface area contributed by atoms with Gasteiger partial charge < -0.3 is 9.84 Å². The Hall–Kier alpha value is -1.80. The van der Waals surface area contributed by atoms with Crippen LogP contribution in [0.5, 0.6) is 5.75 Å². The van der Waals surface area contributed by atoms with E-state index in [4.69, 9.17) is 4.74 Å². The molecule has 0 aliphatic rings. The normalized spacial score (nSPS) is 12.2. The first kappa shape index (κ1) is 11.7. The number of methoxy groups -OCH3 is 1. The Bertz CT molecular complexity index is 492. The summed E-state index contributed by atoms with van der Waals surface area (Å²) in [7, 11) is 1.62. The highest BCUT2D eigenvalue weighted by Crippen LogP contribution is 2.30. The van der Waals surface area contributed by atoms with Crippen LogP contribution >= 0.6 is 0 Å². The molecule has 2 heteroatoms. The highest BCUT2D eigenvalue weighted by Gasteiger charge is 2.14. The molecule has 2 aromatic rings. The zero-order valence-corrected chi connectivity index (χ0v) is 10.1. The van der Waals surface area contributed by atoms with Gasteiger partial charge >= 0.3 is 0 Å². The summed E-state index contributed by atoms with van der Waals surface area (Å²) in [5.41, 5.74) is 2.78. The summed E-state index contributed by atoms with van der Waals surface area (Å²) in [6, 6.07) is 15.4. The zero-order chi connectivity index (χ0) is 12.3. The standard InChI is InChI=1S/C15H16O2/c1-11-8-9-14(17-2)13(10-11)15(16)12-6-4-3-5-7-12/h3-10,15-16H,1-2H3. The minimum atomic E-state index is -0.647. The monoisotopic (exact) mass is 228 g/mol. The van der Waals surface area contributed by atoms with E-state index in [1.54, 1.807) is 7.11 Å². The molecule has 1 unspecified atom stereocenters. The van der Waals surface area contributed by atoms with Crippen molar-refractivity contribution in [2.75, 3.05) is 7.11 Å². The van der Waals surface area contributed by atoms with Crippen molar-refractivity contribution < 1.29 is 9.84 Å². The molecule has 2 aromatic carbocycles. The molecule has 0 saturated heterocycles. The largest absolute Gasteiger partial charge is 0.496 e. The number of aliphatic hydroxyl groups is 1. The van der Waals surface area contributed by atoms with Gasteiger partial charge in [-0.05, 0) is 24.6 Å². The second-order valence-electron chi connectivity index (χ2n) is 4.06. The van der Waals surface area contributed by atoms with E-state index < -0.39 is 6.10 Å². The van der Waals surface area contributed by atoms with Gasteiger partial charge in [0.25, 0.3) is 0 Å². The predicted octanol–water partition coefficient (Wildman–Crippen LogP) is 3.09. The molecule has 0 aromatic heterocycles. The third-order valence-corrected chi connectivity index (χ3v) is 2.80. The van der Waals surface area contributed by atoms with Gasteiger partial charge in [-0.1, -0.05) is 42.0 Å². The van der Waals surface area contributed by atoms with Gasteiger partial charge in [0.2, 0.25) is 0 Å². The molecule has 0 saturated carbocycles. The second kappa shape index (κ2) is 5.02. The van der Waals surface area contributed by atoms with Gasteiger partial charge in [0, 0.05) is 5.56 Å². The Morgan fingerprint density at radius 1 is 1.06 bits per heavy atom.